The zero-order valence-electron chi connectivity index (χ0n) is 11.8. The van der Waals surface area contributed by atoms with E-state index in [0.717, 1.165) is 30.4 Å². The van der Waals surface area contributed by atoms with Crippen molar-refractivity contribution in [3.8, 4) is 0 Å². The number of amides is 1. The first kappa shape index (κ1) is 13.4. The molecule has 3 atom stereocenters. The van der Waals surface area contributed by atoms with Crippen molar-refractivity contribution < 1.29 is 14.3 Å². The van der Waals surface area contributed by atoms with Crippen LogP contribution in [0.3, 0.4) is 0 Å². The predicted octanol–water partition coefficient (Wildman–Crippen LogP) is 2.26. The van der Waals surface area contributed by atoms with Crippen LogP contribution in [-0.4, -0.2) is 35.6 Å². The van der Waals surface area contributed by atoms with E-state index in [0.29, 0.717) is 12.5 Å². The van der Waals surface area contributed by atoms with E-state index in [1.54, 1.807) is 17.1 Å². The van der Waals surface area contributed by atoms with Crippen molar-refractivity contribution in [3.05, 3.63) is 29.7 Å². The summed E-state index contributed by atoms with van der Waals surface area (Å²) in [7, 11) is 0. The molecule has 1 aliphatic carbocycles. The van der Waals surface area contributed by atoms with Gasteiger partial charge in [0.2, 0.25) is 5.91 Å². The number of furan rings is 1. The van der Waals surface area contributed by atoms with E-state index in [1.165, 1.54) is 6.42 Å². The molecule has 2 heterocycles. The van der Waals surface area contributed by atoms with Crippen molar-refractivity contribution in [2.45, 2.75) is 25.7 Å². The molecule has 2 fully saturated rings. The lowest BCUT2D eigenvalue weighted by Gasteiger charge is -2.13. The molecule has 0 aromatic carbocycles. The summed E-state index contributed by atoms with van der Waals surface area (Å²) in [5, 5.41) is 9.08. The SMILES string of the molecule is CC1CC1c1ccc(/C=C/C(=O)N2CCC(CO)C2)o1. The maximum absolute atomic E-state index is 12.0. The van der Waals surface area contributed by atoms with Crippen LogP contribution in [0.5, 0.6) is 0 Å². The molecule has 0 bridgehead atoms. The Morgan fingerprint density at radius 3 is 3.00 bits per heavy atom. The number of aliphatic hydroxyl groups excluding tert-OH is 1. The van der Waals surface area contributed by atoms with Crippen molar-refractivity contribution in [3.63, 3.8) is 0 Å². The van der Waals surface area contributed by atoms with Gasteiger partial charge in [0, 0.05) is 37.6 Å². The zero-order chi connectivity index (χ0) is 14.1. The summed E-state index contributed by atoms with van der Waals surface area (Å²) < 4.78 is 5.74. The van der Waals surface area contributed by atoms with Crippen molar-refractivity contribution in [2.24, 2.45) is 11.8 Å². The fourth-order valence-corrected chi connectivity index (χ4v) is 2.82. The van der Waals surface area contributed by atoms with Crippen molar-refractivity contribution in [1.29, 1.82) is 0 Å². The lowest BCUT2D eigenvalue weighted by Crippen LogP contribution is -2.27. The second kappa shape index (κ2) is 5.44. The highest BCUT2D eigenvalue weighted by Crippen LogP contribution is 2.47. The lowest BCUT2D eigenvalue weighted by atomic mass is 10.1. The van der Waals surface area contributed by atoms with Crippen molar-refractivity contribution in [2.75, 3.05) is 19.7 Å². The van der Waals surface area contributed by atoms with E-state index < -0.39 is 0 Å². The van der Waals surface area contributed by atoms with Gasteiger partial charge in [-0.15, -0.1) is 0 Å². The van der Waals surface area contributed by atoms with Crippen LogP contribution in [0.4, 0.5) is 0 Å². The number of carbonyl (C=O) groups is 1. The van der Waals surface area contributed by atoms with E-state index in [-0.39, 0.29) is 18.4 Å². The summed E-state index contributed by atoms with van der Waals surface area (Å²) in [6, 6.07) is 3.93. The van der Waals surface area contributed by atoms with Gasteiger partial charge in [0.05, 0.1) is 0 Å². The first-order valence-electron chi connectivity index (χ1n) is 7.35. The molecule has 0 radical (unpaired) electrons. The number of hydrogen-bond donors (Lipinski definition) is 1. The van der Waals surface area contributed by atoms with Gasteiger partial charge in [0.1, 0.15) is 11.5 Å². The number of rotatable bonds is 4. The lowest BCUT2D eigenvalue weighted by molar-refractivity contribution is -0.125. The van der Waals surface area contributed by atoms with Crippen molar-refractivity contribution >= 4 is 12.0 Å². The molecular weight excluding hydrogens is 254 g/mol. The zero-order valence-corrected chi connectivity index (χ0v) is 11.8. The van der Waals surface area contributed by atoms with E-state index in [1.807, 2.05) is 12.1 Å². The fourth-order valence-electron chi connectivity index (χ4n) is 2.82. The van der Waals surface area contributed by atoms with Gasteiger partial charge in [0.25, 0.3) is 0 Å². The average Bonchev–Trinajstić information content (AvgIpc) is 2.90. The second-order valence-electron chi connectivity index (χ2n) is 6.01. The predicted molar refractivity (Wildman–Crippen MR) is 76.0 cm³/mol. The third-order valence-corrected chi connectivity index (χ3v) is 4.37. The summed E-state index contributed by atoms with van der Waals surface area (Å²) in [6.07, 6.45) is 5.40. The van der Waals surface area contributed by atoms with Gasteiger partial charge in [-0.3, -0.25) is 4.79 Å². The van der Waals surface area contributed by atoms with Crippen LogP contribution < -0.4 is 0 Å². The molecule has 1 aliphatic heterocycles. The van der Waals surface area contributed by atoms with Gasteiger partial charge in [0.15, 0.2) is 0 Å². The molecule has 4 heteroatoms. The Bertz CT molecular complexity index is 520. The Kier molecular flexibility index (Phi) is 3.66. The number of hydrogen-bond acceptors (Lipinski definition) is 3. The Morgan fingerprint density at radius 2 is 2.35 bits per heavy atom. The number of aliphatic hydroxyl groups is 1. The summed E-state index contributed by atoms with van der Waals surface area (Å²) in [6.45, 7) is 3.77. The molecule has 20 heavy (non-hydrogen) atoms. The number of likely N-dealkylation sites (tertiary alicyclic amines) is 1. The first-order chi connectivity index (χ1) is 9.67. The van der Waals surface area contributed by atoms with Crippen LogP contribution >= 0.6 is 0 Å². The van der Waals surface area contributed by atoms with Gasteiger partial charge >= 0.3 is 0 Å². The highest BCUT2D eigenvalue weighted by molar-refractivity contribution is 5.91. The van der Waals surface area contributed by atoms with Gasteiger partial charge in [-0.05, 0) is 37.0 Å². The monoisotopic (exact) mass is 275 g/mol. The van der Waals surface area contributed by atoms with Crippen LogP contribution in [-0.2, 0) is 4.79 Å². The smallest absolute Gasteiger partial charge is 0.246 e. The first-order valence-corrected chi connectivity index (χ1v) is 7.35. The molecule has 4 nitrogen and oxygen atoms in total. The topological polar surface area (TPSA) is 53.7 Å². The molecule has 0 spiro atoms. The molecule has 3 rings (SSSR count). The molecule has 2 aliphatic rings. The third kappa shape index (κ3) is 2.80. The molecule has 1 amide bonds. The third-order valence-electron chi connectivity index (χ3n) is 4.37. The van der Waals surface area contributed by atoms with Crippen LogP contribution in [0, 0.1) is 11.8 Å². The van der Waals surface area contributed by atoms with E-state index in [2.05, 4.69) is 6.92 Å². The Labute approximate surface area is 119 Å². The minimum absolute atomic E-state index is 0.00121. The van der Waals surface area contributed by atoms with Gasteiger partial charge < -0.3 is 14.4 Å². The van der Waals surface area contributed by atoms with Crippen LogP contribution in [0.25, 0.3) is 6.08 Å². The maximum Gasteiger partial charge on any atom is 0.246 e. The fraction of sp³-hybridized carbons (Fsp3) is 0.562. The largest absolute Gasteiger partial charge is 0.461 e. The molecule has 1 saturated carbocycles. The Morgan fingerprint density at radius 1 is 1.55 bits per heavy atom. The van der Waals surface area contributed by atoms with Gasteiger partial charge in [-0.2, -0.15) is 0 Å². The number of carbonyl (C=O) groups excluding carboxylic acids is 1. The standard InChI is InChI=1S/C16H21NO3/c1-11-8-14(11)15-4-2-13(20-15)3-5-16(19)17-7-6-12(9-17)10-18/h2-5,11-12,14,18H,6-10H2,1H3/b5-3+. The Balaban J connectivity index is 1.57. The highest BCUT2D eigenvalue weighted by atomic mass is 16.3. The quantitative estimate of drug-likeness (QED) is 0.858. The number of nitrogens with zero attached hydrogens (tertiary/aromatic N) is 1. The minimum Gasteiger partial charge on any atom is -0.461 e. The van der Waals surface area contributed by atoms with Crippen LogP contribution in [0.1, 0.15) is 37.2 Å². The van der Waals surface area contributed by atoms with E-state index in [9.17, 15) is 4.79 Å². The molecule has 1 N–H and O–H groups in total. The molecule has 108 valence electrons. The summed E-state index contributed by atoms with van der Waals surface area (Å²) >= 11 is 0. The van der Waals surface area contributed by atoms with Crippen molar-refractivity contribution in [1.82, 2.24) is 4.90 Å². The van der Waals surface area contributed by atoms with E-state index in [4.69, 9.17) is 9.52 Å². The summed E-state index contributed by atoms with van der Waals surface area (Å²) in [5.74, 6) is 3.30. The molecule has 1 saturated heterocycles. The molecule has 1 aromatic heterocycles. The second-order valence-corrected chi connectivity index (χ2v) is 6.01. The normalized spacial score (nSPS) is 29.3. The summed E-state index contributed by atoms with van der Waals surface area (Å²) in [5.41, 5.74) is 0. The molecule has 3 unspecified atom stereocenters. The average molecular weight is 275 g/mol. The highest BCUT2D eigenvalue weighted by Gasteiger charge is 2.36. The maximum atomic E-state index is 12.0. The van der Waals surface area contributed by atoms with Crippen LogP contribution in [0.2, 0.25) is 0 Å². The van der Waals surface area contributed by atoms with E-state index >= 15 is 0 Å². The summed E-state index contributed by atoms with van der Waals surface area (Å²) in [4.78, 5) is 13.8. The van der Waals surface area contributed by atoms with Crippen LogP contribution in [0.15, 0.2) is 22.6 Å². The molecular formula is C16H21NO3. The molecule has 1 aromatic rings. The Hall–Kier alpha value is -1.55. The van der Waals surface area contributed by atoms with Gasteiger partial charge in [-0.25, -0.2) is 0 Å². The van der Waals surface area contributed by atoms with Gasteiger partial charge in [-0.1, -0.05) is 6.92 Å². The minimum atomic E-state index is -0.00121.